The molecule has 128 valence electrons. The smallest absolute Gasteiger partial charge is 0.276 e. The lowest BCUT2D eigenvalue weighted by Gasteiger charge is -2.21. The maximum absolute atomic E-state index is 12.5. The van der Waals surface area contributed by atoms with E-state index in [2.05, 4.69) is 15.5 Å². The summed E-state index contributed by atoms with van der Waals surface area (Å²) in [7, 11) is 1.70. The molecule has 0 aliphatic rings. The molecule has 3 aromatic rings. The zero-order valence-corrected chi connectivity index (χ0v) is 14.1. The molecule has 0 saturated heterocycles. The molecule has 1 amide bonds. The van der Waals surface area contributed by atoms with Crippen molar-refractivity contribution in [3.63, 3.8) is 0 Å². The summed E-state index contributed by atoms with van der Waals surface area (Å²) in [5.41, 5.74) is 2.10. The Hall–Kier alpha value is -3.22. The van der Waals surface area contributed by atoms with Crippen LogP contribution in [-0.2, 0) is 6.54 Å². The Morgan fingerprint density at radius 3 is 2.84 bits per heavy atom. The predicted molar refractivity (Wildman–Crippen MR) is 92.5 cm³/mol. The van der Waals surface area contributed by atoms with Crippen molar-refractivity contribution in [3.05, 3.63) is 71.9 Å². The summed E-state index contributed by atoms with van der Waals surface area (Å²) in [5, 5.41) is 11.8. The normalized spacial score (nSPS) is 12.4. The van der Waals surface area contributed by atoms with E-state index in [-0.39, 0.29) is 11.9 Å². The number of benzene rings is 1. The Bertz CT molecular complexity index is 840. The third-order valence-corrected chi connectivity index (χ3v) is 3.95. The van der Waals surface area contributed by atoms with E-state index >= 15 is 0 Å². The Balaban J connectivity index is 1.62. The van der Waals surface area contributed by atoms with Crippen LogP contribution in [-0.4, -0.2) is 38.0 Å². The molecule has 0 aliphatic heterocycles. The van der Waals surface area contributed by atoms with Crippen LogP contribution < -0.4 is 0 Å². The second-order valence-electron chi connectivity index (χ2n) is 5.66. The van der Waals surface area contributed by atoms with Gasteiger partial charge >= 0.3 is 0 Å². The minimum atomic E-state index is -0.214. The molecular formula is C18H19N5O2. The first-order valence-electron chi connectivity index (χ1n) is 7.94. The SMILES string of the molecule is CC(c1ccon1)N(C)C(=O)c1cn(C/C=C/c2ccccc2)nn1. The van der Waals surface area contributed by atoms with Gasteiger partial charge in [-0.2, -0.15) is 0 Å². The molecule has 3 rings (SSSR count). The van der Waals surface area contributed by atoms with Gasteiger partial charge in [0.15, 0.2) is 5.69 Å². The number of carbonyl (C=O) groups is 1. The molecule has 0 radical (unpaired) electrons. The van der Waals surface area contributed by atoms with Crippen LogP contribution in [0.3, 0.4) is 0 Å². The fraction of sp³-hybridized carbons (Fsp3) is 0.222. The van der Waals surface area contributed by atoms with E-state index < -0.39 is 0 Å². The molecule has 25 heavy (non-hydrogen) atoms. The highest BCUT2D eigenvalue weighted by Gasteiger charge is 2.22. The topological polar surface area (TPSA) is 77.0 Å². The molecule has 1 atom stereocenters. The van der Waals surface area contributed by atoms with Crippen LogP contribution >= 0.6 is 0 Å². The first kappa shape index (κ1) is 16.6. The number of rotatable bonds is 6. The van der Waals surface area contributed by atoms with Crippen LogP contribution in [0.4, 0.5) is 0 Å². The highest BCUT2D eigenvalue weighted by molar-refractivity contribution is 5.92. The second-order valence-corrected chi connectivity index (χ2v) is 5.66. The van der Waals surface area contributed by atoms with Crippen LogP contribution in [0.5, 0.6) is 0 Å². The summed E-state index contributed by atoms with van der Waals surface area (Å²) in [6.07, 6.45) is 7.10. The first-order valence-corrected chi connectivity index (χ1v) is 7.94. The Labute approximate surface area is 145 Å². The molecule has 1 unspecified atom stereocenters. The fourth-order valence-corrected chi connectivity index (χ4v) is 2.34. The van der Waals surface area contributed by atoms with Gasteiger partial charge in [-0.15, -0.1) is 5.10 Å². The van der Waals surface area contributed by atoms with E-state index in [1.807, 2.05) is 49.4 Å². The van der Waals surface area contributed by atoms with E-state index in [0.29, 0.717) is 17.9 Å². The largest absolute Gasteiger partial charge is 0.364 e. The van der Waals surface area contributed by atoms with E-state index in [4.69, 9.17) is 4.52 Å². The van der Waals surface area contributed by atoms with Crippen LogP contribution in [0.2, 0.25) is 0 Å². The molecule has 7 nitrogen and oxygen atoms in total. The molecule has 1 aromatic carbocycles. The lowest BCUT2D eigenvalue weighted by atomic mass is 10.2. The summed E-state index contributed by atoms with van der Waals surface area (Å²) in [6.45, 7) is 2.42. The lowest BCUT2D eigenvalue weighted by Crippen LogP contribution is -2.30. The van der Waals surface area contributed by atoms with Gasteiger partial charge in [0.1, 0.15) is 12.0 Å². The van der Waals surface area contributed by atoms with Crippen molar-refractivity contribution in [2.45, 2.75) is 19.5 Å². The van der Waals surface area contributed by atoms with Gasteiger partial charge in [0.2, 0.25) is 0 Å². The van der Waals surface area contributed by atoms with Crippen molar-refractivity contribution in [3.8, 4) is 0 Å². The molecule has 2 aromatic heterocycles. The number of hydrogen-bond donors (Lipinski definition) is 0. The summed E-state index contributed by atoms with van der Waals surface area (Å²) < 4.78 is 6.45. The van der Waals surface area contributed by atoms with Crippen LogP contribution in [0.15, 0.2) is 59.5 Å². The minimum Gasteiger partial charge on any atom is -0.364 e. The summed E-state index contributed by atoms with van der Waals surface area (Å²) in [4.78, 5) is 14.1. The number of amides is 1. The average molecular weight is 337 g/mol. The zero-order valence-electron chi connectivity index (χ0n) is 14.1. The van der Waals surface area contributed by atoms with Crippen molar-refractivity contribution < 1.29 is 9.32 Å². The van der Waals surface area contributed by atoms with Gasteiger partial charge in [-0.05, 0) is 12.5 Å². The van der Waals surface area contributed by atoms with Gasteiger partial charge in [-0.1, -0.05) is 52.9 Å². The van der Waals surface area contributed by atoms with Gasteiger partial charge in [0.05, 0.1) is 18.8 Å². The van der Waals surface area contributed by atoms with Crippen LogP contribution in [0.25, 0.3) is 6.08 Å². The molecule has 7 heteroatoms. The summed E-state index contributed by atoms with van der Waals surface area (Å²) in [5.74, 6) is -0.214. The maximum Gasteiger partial charge on any atom is 0.276 e. The molecule has 0 spiro atoms. The molecular weight excluding hydrogens is 318 g/mol. The molecule has 0 fully saturated rings. The quantitative estimate of drug-likeness (QED) is 0.691. The third-order valence-electron chi connectivity index (χ3n) is 3.95. The molecule has 0 N–H and O–H groups in total. The lowest BCUT2D eigenvalue weighted by molar-refractivity contribution is 0.0731. The Morgan fingerprint density at radius 2 is 2.12 bits per heavy atom. The standard InChI is InChI=1S/C18H19N5O2/c1-14(16-10-12-25-20-16)22(2)18(24)17-13-23(21-19-17)11-6-9-15-7-4-3-5-8-15/h3-10,12-14H,11H2,1-2H3/b9-6+. The molecule has 0 saturated carbocycles. The van der Waals surface area contributed by atoms with Gasteiger partial charge in [0, 0.05) is 13.1 Å². The number of carbonyl (C=O) groups excluding carboxylic acids is 1. The summed E-state index contributed by atoms with van der Waals surface area (Å²) in [6, 6.07) is 11.5. The number of hydrogen-bond acceptors (Lipinski definition) is 5. The number of aromatic nitrogens is 4. The zero-order chi connectivity index (χ0) is 17.6. The van der Waals surface area contributed by atoms with Crippen molar-refractivity contribution in [2.75, 3.05) is 7.05 Å². The Morgan fingerprint density at radius 1 is 1.32 bits per heavy atom. The van der Waals surface area contributed by atoms with Gasteiger partial charge in [0.25, 0.3) is 5.91 Å². The van der Waals surface area contributed by atoms with E-state index in [1.165, 1.54) is 6.26 Å². The van der Waals surface area contributed by atoms with E-state index in [0.717, 1.165) is 5.56 Å². The summed E-state index contributed by atoms with van der Waals surface area (Å²) >= 11 is 0. The van der Waals surface area contributed by atoms with Crippen LogP contribution in [0.1, 0.15) is 34.7 Å². The third kappa shape index (κ3) is 4.00. The van der Waals surface area contributed by atoms with Crippen molar-refractivity contribution >= 4 is 12.0 Å². The molecule has 2 heterocycles. The number of allylic oxidation sites excluding steroid dienone is 1. The van der Waals surface area contributed by atoms with E-state index in [1.54, 1.807) is 28.9 Å². The van der Waals surface area contributed by atoms with E-state index in [9.17, 15) is 4.79 Å². The monoisotopic (exact) mass is 337 g/mol. The van der Waals surface area contributed by atoms with Crippen molar-refractivity contribution in [2.24, 2.45) is 0 Å². The number of nitrogens with zero attached hydrogens (tertiary/aromatic N) is 5. The molecule has 0 aliphatic carbocycles. The first-order chi connectivity index (χ1) is 12.1. The highest BCUT2D eigenvalue weighted by atomic mass is 16.5. The van der Waals surface area contributed by atoms with Crippen LogP contribution in [0, 0.1) is 0 Å². The second kappa shape index (κ2) is 7.57. The maximum atomic E-state index is 12.5. The minimum absolute atomic E-state index is 0.214. The van der Waals surface area contributed by atoms with Crippen molar-refractivity contribution in [1.82, 2.24) is 25.1 Å². The Kier molecular flexibility index (Phi) is 5.03. The predicted octanol–water partition coefficient (Wildman–Crippen LogP) is 2.81. The highest BCUT2D eigenvalue weighted by Crippen LogP contribution is 2.18. The van der Waals surface area contributed by atoms with Gasteiger partial charge < -0.3 is 9.42 Å². The average Bonchev–Trinajstić information content (AvgIpc) is 3.33. The van der Waals surface area contributed by atoms with Gasteiger partial charge in [-0.3, -0.25) is 4.79 Å². The fourth-order valence-electron chi connectivity index (χ4n) is 2.34. The van der Waals surface area contributed by atoms with Gasteiger partial charge in [-0.25, -0.2) is 4.68 Å². The van der Waals surface area contributed by atoms with Crippen molar-refractivity contribution in [1.29, 1.82) is 0 Å². The molecule has 0 bridgehead atoms.